The third-order valence-electron chi connectivity index (χ3n) is 8.15. The number of nitrogens with zero attached hydrogens (tertiary/aromatic N) is 3. The first-order valence-corrected chi connectivity index (χ1v) is 15.9. The third kappa shape index (κ3) is 6.17. The predicted octanol–water partition coefficient (Wildman–Crippen LogP) is 12.1. The number of fused-ring (bicyclic) bond motifs is 2. The van der Waals surface area contributed by atoms with Crippen LogP contribution in [-0.2, 0) is 6.54 Å². The van der Waals surface area contributed by atoms with Gasteiger partial charge in [0.05, 0.1) is 0 Å². The molecule has 0 saturated heterocycles. The van der Waals surface area contributed by atoms with E-state index in [4.69, 9.17) is 13.1 Å². The SMILES string of the molecule is [C-]#[N+]C([N+]#[C-])c1ccc(-c2ccc3cc(/C=C/c4ccc5cc(CN(c6ccccc6)c6ccccc6)ccc5c4)ccc3c2)s1. The molecule has 0 aliphatic heterocycles. The van der Waals surface area contributed by atoms with E-state index in [9.17, 15) is 0 Å². The van der Waals surface area contributed by atoms with Crippen molar-refractivity contribution >= 4 is 56.4 Å². The minimum atomic E-state index is -0.746. The maximum Gasteiger partial charge on any atom is 0.511 e. The fourth-order valence-electron chi connectivity index (χ4n) is 5.76. The Morgan fingerprint density at radius 2 is 1.11 bits per heavy atom. The van der Waals surface area contributed by atoms with Gasteiger partial charge in [0.15, 0.2) is 4.88 Å². The van der Waals surface area contributed by atoms with E-state index in [0.29, 0.717) is 0 Å². The molecule has 6 aromatic carbocycles. The topological polar surface area (TPSA) is 12.0 Å². The van der Waals surface area contributed by atoms with E-state index >= 15 is 0 Å². The zero-order chi connectivity index (χ0) is 31.3. The second kappa shape index (κ2) is 13.0. The van der Waals surface area contributed by atoms with Crippen molar-refractivity contribution in [1.29, 1.82) is 0 Å². The van der Waals surface area contributed by atoms with Crippen molar-refractivity contribution in [3.63, 3.8) is 0 Å². The molecule has 0 saturated carbocycles. The largest absolute Gasteiger partial charge is 0.511 e. The lowest BCUT2D eigenvalue weighted by molar-refractivity contribution is 0.978. The fourth-order valence-corrected chi connectivity index (χ4v) is 6.74. The molecule has 0 bridgehead atoms. The lowest BCUT2D eigenvalue weighted by Gasteiger charge is -2.25. The van der Waals surface area contributed by atoms with E-state index < -0.39 is 6.17 Å². The van der Waals surface area contributed by atoms with Gasteiger partial charge in [0.2, 0.25) is 0 Å². The van der Waals surface area contributed by atoms with Crippen LogP contribution in [0.1, 0.15) is 27.7 Å². The van der Waals surface area contributed by atoms with E-state index in [1.165, 1.54) is 44.4 Å². The van der Waals surface area contributed by atoms with Crippen LogP contribution in [0.3, 0.4) is 0 Å². The first-order chi connectivity index (χ1) is 22.7. The van der Waals surface area contributed by atoms with Crippen LogP contribution < -0.4 is 4.90 Å². The van der Waals surface area contributed by atoms with Crippen LogP contribution in [0.2, 0.25) is 0 Å². The van der Waals surface area contributed by atoms with E-state index in [1.807, 2.05) is 12.1 Å². The van der Waals surface area contributed by atoms with Crippen LogP contribution in [0.25, 0.3) is 53.8 Å². The van der Waals surface area contributed by atoms with E-state index in [0.717, 1.165) is 38.4 Å². The highest BCUT2D eigenvalue weighted by Crippen LogP contribution is 2.35. The van der Waals surface area contributed by atoms with Crippen molar-refractivity contribution in [2.24, 2.45) is 0 Å². The standard InChI is InChI=1S/C42H29N3S/c1-43-42(44-2)41-24-23-40(46-41)37-22-21-35-26-31(16-19-36(35)28-37)14-13-30-15-18-34-27-32(17-20-33(34)25-30)29-45(38-9-5-3-6-10-38)39-11-7-4-8-12-39/h3-28,42H,29H2/b14-13+. The van der Waals surface area contributed by atoms with Crippen LogP contribution in [-0.4, -0.2) is 0 Å². The summed E-state index contributed by atoms with van der Waals surface area (Å²) in [6.45, 7) is 15.3. The number of para-hydroxylation sites is 2. The van der Waals surface area contributed by atoms with E-state index in [2.05, 4.69) is 160 Å². The number of thiophene rings is 1. The molecule has 0 aliphatic rings. The minimum Gasteiger partial charge on any atom is -0.337 e. The first-order valence-electron chi connectivity index (χ1n) is 15.1. The molecule has 3 nitrogen and oxygen atoms in total. The number of benzene rings is 6. The van der Waals surface area contributed by atoms with Crippen molar-refractivity contribution in [1.82, 2.24) is 0 Å². The Kier molecular flexibility index (Phi) is 8.12. The molecule has 0 amide bonds. The molecule has 7 rings (SSSR count). The zero-order valence-electron chi connectivity index (χ0n) is 25.0. The zero-order valence-corrected chi connectivity index (χ0v) is 25.9. The Hall–Kier alpha value is -5.94. The van der Waals surface area contributed by atoms with Gasteiger partial charge < -0.3 is 4.90 Å². The van der Waals surface area contributed by atoms with Crippen molar-refractivity contribution in [2.75, 3.05) is 4.90 Å². The third-order valence-corrected chi connectivity index (χ3v) is 9.32. The van der Waals surface area contributed by atoms with Gasteiger partial charge in [-0.15, -0.1) is 11.3 Å². The molecule has 0 radical (unpaired) electrons. The van der Waals surface area contributed by atoms with Crippen molar-refractivity contribution < 1.29 is 0 Å². The summed E-state index contributed by atoms with van der Waals surface area (Å²) in [6.07, 6.45) is 3.60. The average Bonchev–Trinajstić information content (AvgIpc) is 3.61. The predicted molar refractivity (Wildman–Crippen MR) is 195 cm³/mol. The van der Waals surface area contributed by atoms with Gasteiger partial charge in [0.25, 0.3) is 0 Å². The monoisotopic (exact) mass is 607 g/mol. The van der Waals surface area contributed by atoms with Gasteiger partial charge in [-0.3, -0.25) is 0 Å². The first kappa shape index (κ1) is 28.8. The quantitative estimate of drug-likeness (QED) is 0.124. The normalized spacial score (nSPS) is 11.2. The maximum absolute atomic E-state index is 7.25. The average molecular weight is 608 g/mol. The summed E-state index contributed by atoms with van der Waals surface area (Å²) in [7, 11) is 0. The molecular weight excluding hydrogens is 579 g/mol. The maximum atomic E-state index is 7.25. The van der Waals surface area contributed by atoms with Crippen molar-refractivity contribution in [3.8, 4) is 10.4 Å². The molecule has 46 heavy (non-hydrogen) atoms. The van der Waals surface area contributed by atoms with Gasteiger partial charge in [-0.25, -0.2) is 22.8 Å². The summed E-state index contributed by atoms with van der Waals surface area (Å²) in [5.74, 6) is 0. The van der Waals surface area contributed by atoms with Crippen LogP contribution in [0.5, 0.6) is 0 Å². The summed E-state index contributed by atoms with van der Waals surface area (Å²) in [5, 5.41) is 4.79. The molecule has 218 valence electrons. The highest BCUT2D eigenvalue weighted by Gasteiger charge is 2.22. The number of hydrogen-bond donors (Lipinski definition) is 0. The van der Waals surface area contributed by atoms with Crippen LogP contribution in [0.15, 0.2) is 146 Å². The molecule has 0 atom stereocenters. The van der Waals surface area contributed by atoms with Gasteiger partial charge in [-0.2, -0.15) is 0 Å². The molecule has 0 unspecified atom stereocenters. The fraction of sp³-hybridized carbons (Fsp3) is 0.0476. The minimum absolute atomic E-state index is 0.746. The molecule has 4 heteroatoms. The molecule has 0 N–H and O–H groups in total. The Bertz CT molecular complexity index is 2220. The van der Waals surface area contributed by atoms with Crippen LogP contribution >= 0.6 is 11.3 Å². The number of anilines is 2. The second-order valence-electron chi connectivity index (χ2n) is 11.2. The van der Waals surface area contributed by atoms with Gasteiger partial charge in [0.1, 0.15) is 0 Å². The van der Waals surface area contributed by atoms with E-state index in [1.54, 1.807) is 0 Å². The lowest BCUT2D eigenvalue weighted by Crippen LogP contribution is -2.16. The highest BCUT2D eigenvalue weighted by atomic mass is 32.1. The van der Waals surface area contributed by atoms with Crippen LogP contribution in [0, 0.1) is 13.1 Å². The van der Waals surface area contributed by atoms with Gasteiger partial charge in [-0.05, 0) is 104 Å². The Balaban J connectivity index is 1.08. The Morgan fingerprint density at radius 3 is 1.72 bits per heavy atom. The van der Waals surface area contributed by atoms with Crippen molar-refractivity contribution in [2.45, 2.75) is 12.7 Å². The van der Waals surface area contributed by atoms with Crippen LogP contribution in [0.4, 0.5) is 11.4 Å². The Morgan fingerprint density at radius 1 is 0.565 bits per heavy atom. The summed E-state index contributed by atoms with van der Waals surface area (Å²) < 4.78 is 0. The molecule has 0 aliphatic carbocycles. The second-order valence-corrected chi connectivity index (χ2v) is 12.3. The summed E-state index contributed by atoms with van der Waals surface area (Å²) in [6, 6.07) is 51.4. The van der Waals surface area contributed by atoms with Gasteiger partial charge in [-0.1, -0.05) is 97.1 Å². The summed E-state index contributed by atoms with van der Waals surface area (Å²) in [4.78, 5) is 11.1. The lowest BCUT2D eigenvalue weighted by atomic mass is 10.0. The smallest absolute Gasteiger partial charge is 0.337 e. The number of rotatable bonds is 8. The van der Waals surface area contributed by atoms with E-state index in [-0.39, 0.29) is 0 Å². The van der Waals surface area contributed by atoms with Gasteiger partial charge in [0, 0.05) is 22.8 Å². The Labute approximate surface area is 273 Å². The highest BCUT2D eigenvalue weighted by molar-refractivity contribution is 7.15. The molecule has 1 heterocycles. The molecule has 0 fully saturated rings. The van der Waals surface area contributed by atoms with Gasteiger partial charge >= 0.3 is 6.17 Å². The molecule has 1 aromatic heterocycles. The van der Waals surface area contributed by atoms with Crippen molar-refractivity contribution in [3.05, 3.63) is 190 Å². The summed E-state index contributed by atoms with van der Waals surface area (Å²) >= 11 is 1.52. The number of hydrogen-bond acceptors (Lipinski definition) is 2. The molecule has 0 spiro atoms. The summed E-state index contributed by atoms with van der Waals surface area (Å²) in [5.41, 5.74) is 7.02. The molecular formula is C42H29N3S. The molecule has 7 aromatic rings.